The quantitative estimate of drug-likeness (QED) is 0.546. The van der Waals surface area contributed by atoms with Crippen molar-refractivity contribution in [2.75, 3.05) is 46.9 Å². The minimum Gasteiger partial charge on any atom is -0.493 e. The van der Waals surface area contributed by atoms with E-state index in [2.05, 4.69) is 0 Å². The summed E-state index contributed by atoms with van der Waals surface area (Å²) in [6.45, 7) is 3.02. The number of ether oxygens (including phenoxy) is 2. The number of rotatable bonds is 5. The van der Waals surface area contributed by atoms with Gasteiger partial charge in [-0.15, -0.1) is 0 Å². The van der Waals surface area contributed by atoms with E-state index in [0.717, 1.165) is 17.5 Å². The molecule has 1 fully saturated rings. The van der Waals surface area contributed by atoms with Crippen molar-refractivity contribution in [2.24, 2.45) is 0 Å². The Morgan fingerprint density at radius 1 is 0.926 bits per heavy atom. The molecule has 8 heteroatoms. The number of piperazine rings is 1. The van der Waals surface area contributed by atoms with Crippen molar-refractivity contribution in [3.8, 4) is 11.5 Å². The summed E-state index contributed by atoms with van der Waals surface area (Å²) in [5.41, 5.74) is 2.15. The summed E-state index contributed by atoms with van der Waals surface area (Å²) in [5.74, 6) is 0.970. The molecule has 2 aliphatic heterocycles. The minimum atomic E-state index is -0.177. The highest BCUT2D eigenvalue weighted by Crippen LogP contribution is 2.33. The monoisotopic (exact) mass is 375 g/mol. The lowest BCUT2D eigenvalue weighted by atomic mass is 9.98. The van der Waals surface area contributed by atoms with Crippen molar-refractivity contribution < 1.29 is 23.9 Å². The first-order valence-corrected chi connectivity index (χ1v) is 9.04. The molecule has 0 radical (unpaired) electrons. The number of fused-ring (bicyclic) bond motifs is 1. The molecule has 1 aromatic rings. The van der Waals surface area contributed by atoms with Crippen molar-refractivity contribution >= 4 is 18.2 Å². The van der Waals surface area contributed by atoms with E-state index in [4.69, 9.17) is 9.47 Å². The van der Waals surface area contributed by atoms with E-state index in [1.807, 2.05) is 12.1 Å². The van der Waals surface area contributed by atoms with Gasteiger partial charge in [-0.1, -0.05) is 0 Å². The van der Waals surface area contributed by atoms with E-state index in [-0.39, 0.29) is 18.2 Å². The van der Waals surface area contributed by atoms with Gasteiger partial charge < -0.3 is 24.2 Å². The summed E-state index contributed by atoms with van der Waals surface area (Å²) < 4.78 is 10.7. The third-order valence-electron chi connectivity index (χ3n) is 5.19. The number of carbonyl (C=O) groups is 3. The summed E-state index contributed by atoms with van der Waals surface area (Å²) in [6.07, 6.45) is 1.37. The Bertz CT molecular complexity index is 728. The van der Waals surface area contributed by atoms with Crippen LogP contribution in [0.25, 0.3) is 0 Å². The molecule has 3 rings (SSSR count). The van der Waals surface area contributed by atoms with Gasteiger partial charge in [0, 0.05) is 39.3 Å². The van der Waals surface area contributed by atoms with Crippen molar-refractivity contribution in [3.05, 3.63) is 23.3 Å². The van der Waals surface area contributed by atoms with Crippen LogP contribution in [0.3, 0.4) is 0 Å². The van der Waals surface area contributed by atoms with Crippen molar-refractivity contribution in [1.29, 1.82) is 0 Å². The standard InChI is InChI=1S/C19H25N3O5/c1-26-16-9-14-3-4-22(12-15(14)10-17(16)27-2)19(25)11-18(24)21-7-5-20(13-23)6-8-21/h9-10,13H,3-8,11-12H2,1-2H3. The molecule has 0 aromatic heterocycles. The van der Waals surface area contributed by atoms with Crippen LogP contribution in [0.1, 0.15) is 17.5 Å². The fourth-order valence-corrected chi connectivity index (χ4v) is 3.53. The number of amides is 3. The van der Waals surface area contributed by atoms with Gasteiger partial charge in [-0.3, -0.25) is 14.4 Å². The molecule has 0 N–H and O–H groups in total. The minimum absolute atomic E-state index is 0.135. The Labute approximate surface area is 158 Å². The van der Waals surface area contributed by atoms with E-state index >= 15 is 0 Å². The first-order valence-electron chi connectivity index (χ1n) is 9.04. The Balaban J connectivity index is 1.60. The Morgan fingerprint density at radius 2 is 1.52 bits per heavy atom. The van der Waals surface area contributed by atoms with Gasteiger partial charge in [-0.05, 0) is 29.7 Å². The number of benzene rings is 1. The van der Waals surface area contributed by atoms with E-state index in [1.54, 1.807) is 28.9 Å². The molecule has 3 amide bonds. The van der Waals surface area contributed by atoms with Crippen LogP contribution in [0, 0.1) is 0 Å². The molecule has 2 heterocycles. The average Bonchev–Trinajstić information content (AvgIpc) is 2.72. The van der Waals surface area contributed by atoms with Crippen molar-refractivity contribution in [2.45, 2.75) is 19.4 Å². The predicted molar refractivity (Wildman–Crippen MR) is 97.5 cm³/mol. The van der Waals surface area contributed by atoms with Crippen LogP contribution in [-0.4, -0.2) is 79.9 Å². The Hall–Kier alpha value is -2.77. The van der Waals surface area contributed by atoms with E-state index < -0.39 is 0 Å². The molecule has 0 aliphatic carbocycles. The van der Waals surface area contributed by atoms with Crippen LogP contribution in [0.5, 0.6) is 11.5 Å². The normalized spacial score (nSPS) is 16.6. The van der Waals surface area contributed by atoms with Crippen LogP contribution in [-0.2, 0) is 27.3 Å². The lowest BCUT2D eigenvalue weighted by molar-refractivity contribution is -0.143. The molecule has 8 nitrogen and oxygen atoms in total. The number of nitrogens with zero attached hydrogens (tertiary/aromatic N) is 3. The molecule has 27 heavy (non-hydrogen) atoms. The zero-order valence-corrected chi connectivity index (χ0v) is 15.8. The van der Waals surface area contributed by atoms with Crippen molar-refractivity contribution in [1.82, 2.24) is 14.7 Å². The topological polar surface area (TPSA) is 79.4 Å². The summed E-state index contributed by atoms with van der Waals surface area (Å²) >= 11 is 0. The number of hydrogen-bond donors (Lipinski definition) is 0. The summed E-state index contributed by atoms with van der Waals surface area (Å²) in [7, 11) is 3.18. The number of hydrogen-bond acceptors (Lipinski definition) is 5. The van der Waals surface area contributed by atoms with Gasteiger partial charge in [0.05, 0.1) is 14.2 Å². The van der Waals surface area contributed by atoms with Gasteiger partial charge in [0.25, 0.3) is 0 Å². The van der Waals surface area contributed by atoms with Gasteiger partial charge in [0.2, 0.25) is 18.2 Å². The second kappa shape index (κ2) is 8.28. The highest BCUT2D eigenvalue weighted by atomic mass is 16.5. The van der Waals surface area contributed by atoms with Crippen LogP contribution in [0.15, 0.2) is 12.1 Å². The Morgan fingerprint density at radius 3 is 2.11 bits per heavy atom. The van der Waals surface area contributed by atoms with Gasteiger partial charge in [0.15, 0.2) is 11.5 Å². The molecular formula is C19H25N3O5. The maximum Gasteiger partial charge on any atom is 0.232 e. The third kappa shape index (κ3) is 4.15. The molecule has 0 bridgehead atoms. The molecule has 0 atom stereocenters. The lowest BCUT2D eigenvalue weighted by Crippen LogP contribution is -2.49. The van der Waals surface area contributed by atoms with Gasteiger partial charge >= 0.3 is 0 Å². The fourth-order valence-electron chi connectivity index (χ4n) is 3.53. The average molecular weight is 375 g/mol. The van der Waals surface area contributed by atoms with E-state index in [9.17, 15) is 14.4 Å². The predicted octanol–water partition coefficient (Wildman–Crippen LogP) is 0.279. The molecule has 0 unspecified atom stereocenters. The highest BCUT2D eigenvalue weighted by Gasteiger charge is 2.27. The van der Waals surface area contributed by atoms with Crippen LogP contribution in [0.4, 0.5) is 0 Å². The number of carbonyl (C=O) groups excluding carboxylic acids is 3. The lowest BCUT2D eigenvalue weighted by Gasteiger charge is -2.33. The maximum atomic E-state index is 12.6. The molecule has 1 saturated heterocycles. The summed E-state index contributed by atoms with van der Waals surface area (Å²) in [6, 6.07) is 3.85. The molecule has 0 saturated carbocycles. The van der Waals surface area contributed by atoms with Gasteiger partial charge in [0.1, 0.15) is 6.42 Å². The van der Waals surface area contributed by atoms with Crippen LogP contribution in [0.2, 0.25) is 0 Å². The molecule has 146 valence electrons. The first kappa shape index (κ1) is 19.0. The zero-order chi connectivity index (χ0) is 19.4. The molecule has 0 spiro atoms. The van der Waals surface area contributed by atoms with Gasteiger partial charge in [-0.25, -0.2) is 0 Å². The zero-order valence-electron chi connectivity index (χ0n) is 15.8. The molecule has 1 aromatic carbocycles. The van der Waals surface area contributed by atoms with E-state index in [0.29, 0.717) is 57.2 Å². The van der Waals surface area contributed by atoms with Crippen LogP contribution < -0.4 is 9.47 Å². The first-order chi connectivity index (χ1) is 13.0. The SMILES string of the molecule is COc1cc2c(cc1OC)CN(C(=O)CC(=O)N1CCN(C=O)CC1)CC2. The third-order valence-corrected chi connectivity index (χ3v) is 5.19. The maximum absolute atomic E-state index is 12.6. The molecule has 2 aliphatic rings. The number of methoxy groups -OCH3 is 2. The largest absolute Gasteiger partial charge is 0.493 e. The van der Waals surface area contributed by atoms with Gasteiger partial charge in [-0.2, -0.15) is 0 Å². The fraction of sp³-hybridized carbons (Fsp3) is 0.526. The van der Waals surface area contributed by atoms with E-state index in [1.165, 1.54) is 0 Å². The second-order valence-electron chi connectivity index (χ2n) is 6.74. The summed E-state index contributed by atoms with van der Waals surface area (Å²) in [5, 5.41) is 0. The van der Waals surface area contributed by atoms with Crippen LogP contribution >= 0.6 is 0 Å². The second-order valence-corrected chi connectivity index (χ2v) is 6.74. The summed E-state index contributed by atoms with van der Waals surface area (Å²) in [4.78, 5) is 40.8. The smallest absolute Gasteiger partial charge is 0.232 e. The Kier molecular flexibility index (Phi) is 5.83. The highest BCUT2D eigenvalue weighted by molar-refractivity contribution is 5.97. The van der Waals surface area contributed by atoms with Crippen molar-refractivity contribution in [3.63, 3.8) is 0 Å². The molecular weight excluding hydrogens is 350 g/mol.